The highest BCUT2D eigenvalue weighted by Crippen LogP contribution is 2.35. The summed E-state index contributed by atoms with van der Waals surface area (Å²) < 4.78 is 0. The molecule has 1 atom stereocenters. The van der Waals surface area contributed by atoms with Crippen molar-refractivity contribution in [3.63, 3.8) is 0 Å². The summed E-state index contributed by atoms with van der Waals surface area (Å²) in [5.74, 6) is 0. The van der Waals surface area contributed by atoms with Crippen LogP contribution in [0.3, 0.4) is 0 Å². The van der Waals surface area contributed by atoms with Crippen LogP contribution in [0.2, 0.25) is 0 Å². The van der Waals surface area contributed by atoms with Gasteiger partial charge in [-0.2, -0.15) is 0 Å². The zero-order chi connectivity index (χ0) is 15.8. The van der Waals surface area contributed by atoms with Crippen molar-refractivity contribution in [2.24, 2.45) is 0 Å². The molecule has 0 radical (unpaired) electrons. The molecule has 0 amide bonds. The lowest BCUT2D eigenvalue weighted by atomic mass is 9.95. The lowest BCUT2D eigenvalue weighted by molar-refractivity contribution is 0.978. The van der Waals surface area contributed by atoms with Crippen molar-refractivity contribution in [2.75, 3.05) is 24.3 Å². The smallest absolute Gasteiger partial charge is 0.0701 e. The summed E-state index contributed by atoms with van der Waals surface area (Å²) in [6.45, 7) is 0. The van der Waals surface area contributed by atoms with Crippen LogP contribution in [0.4, 0.5) is 11.4 Å². The number of benzene rings is 3. The van der Waals surface area contributed by atoms with E-state index < -0.39 is 0 Å². The summed E-state index contributed by atoms with van der Waals surface area (Å²) >= 11 is 0. The molecule has 1 heterocycles. The number of fused-ring (bicyclic) bond motifs is 3. The fourth-order valence-electron chi connectivity index (χ4n) is 3.18. The zero-order valence-corrected chi connectivity index (χ0v) is 13.5. The van der Waals surface area contributed by atoms with Crippen molar-refractivity contribution in [2.45, 2.75) is 6.04 Å². The normalized spacial score (nSPS) is 16.0. The Labute approximate surface area is 137 Å². The molecule has 3 aromatic rings. The molecule has 0 saturated heterocycles. The van der Waals surface area contributed by atoms with Crippen LogP contribution in [0.1, 0.15) is 17.2 Å². The first-order valence-electron chi connectivity index (χ1n) is 7.96. The van der Waals surface area contributed by atoms with Gasteiger partial charge in [0.05, 0.1) is 6.04 Å². The second-order valence-electron chi connectivity index (χ2n) is 6.22. The van der Waals surface area contributed by atoms with Gasteiger partial charge >= 0.3 is 0 Å². The van der Waals surface area contributed by atoms with Crippen LogP contribution >= 0.6 is 0 Å². The SMILES string of the molecule is CN(C)c1ccc(C2C=Cc3c(ccc4ccccc34)N2)cc1. The molecule has 1 N–H and O–H groups in total. The summed E-state index contributed by atoms with van der Waals surface area (Å²) in [4.78, 5) is 2.12. The molecule has 0 aromatic heterocycles. The van der Waals surface area contributed by atoms with Gasteiger partial charge in [0.2, 0.25) is 0 Å². The molecule has 0 saturated carbocycles. The number of hydrogen-bond donors (Lipinski definition) is 1. The molecule has 1 aliphatic heterocycles. The second kappa shape index (κ2) is 5.47. The molecule has 2 nitrogen and oxygen atoms in total. The average molecular weight is 300 g/mol. The Morgan fingerprint density at radius 1 is 0.870 bits per heavy atom. The highest BCUT2D eigenvalue weighted by atomic mass is 15.1. The lowest BCUT2D eigenvalue weighted by Crippen LogP contribution is -2.13. The van der Waals surface area contributed by atoms with E-state index in [4.69, 9.17) is 0 Å². The highest BCUT2D eigenvalue weighted by molar-refractivity contribution is 5.96. The Morgan fingerprint density at radius 3 is 2.43 bits per heavy atom. The lowest BCUT2D eigenvalue weighted by Gasteiger charge is -2.24. The van der Waals surface area contributed by atoms with Gasteiger partial charge in [-0.25, -0.2) is 0 Å². The van der Waals surface area contributed by atoms with Crippen LogP contribution in [0, 0.1) is 0 Å². The van der Waals surface area contributed by atoms with Gasteiger partial charge < -0.3 is 10.2 Å². The topological polar surface area (TPSA) is 15.3 Å². The number of nitrogens with zero attached hydrogens (tertiary/aromatic N) is 1. The largest absolute Gasteiger partial charge is 0.378 e. The van der Waals surface area contributed by atoms with Crippen LogP contribution in [0.25, 0.3) is 16.8 Å². The quantitative estimate of drug-likeness (QED) is 0.709. The van der Waals surface area contributed by atoms with Gasteiger partial charge in [0.1, 0.15) is 0 Å². The third-order valence-corrected chi connectivity index (χ3v) is 4.51. The summed E-state index contributed by atoms with van der Waals surface area (Å²) in [7, 11) is 4.13. The number of nitrogens with one attached hydrogen (secondary N) is 1. The Balaban J connectivity index is 1.69. The monoisotopic (exact) mass is 300 g/mol. The maximum Gasteiger partial charge on any atom is 0.0701 e. The molecule has 114 valence electrons. The number of anilines is 2. The van der Waals surface area contributed by atoms with Crippen LogP contribution in [-0.2, 0) is 0 Å². The van der Waals surface area contributed by atoms with E-state index >= 15 is 0 Å². The van der Waals surface area contributed by atoms with Crippen molar-refractivity contribution in [1.29, 1.82) is 0 Å². The predicted molar refractivity (Wildman–Crippen MR) is 100 cm³/mol. The van der Waals surface area contributed by atoms with Gasteiger partial charge in [0, 0.05) is 31.0 Å². The Kier molecular flexibility index (Phi) is 3.30. The van der Waals surface area contributed by atoms with Crippen molar-refractivity contribution in [3.05, 3.63) is 77.9 Å². The zero-order valence-electron chi connectivity index (χ0n) is 13.5. The van der Waals surface area contributed by atoms with E-state index in [1.165, 1.54) is 33.3 Å². The number of hydrogen-bond acceptors (Lipinski definition) is 2. The van der Waals surface area contributed by atoms with Crippen molar-refractivity contribution in [1.82, 2.24) is 0 Å². The Bertz CT molecular complexity index is 876. The van der Waals surface area contributed by atoms with E-state index in [0.29, 0.717) is 0 Å². The minimum absolute atomic E-state index is 0.222. The van der Waals surface area contributed by atoms with Gasteiger partial charge in [-0.05, 0) is 34.5 Å². The predicted octanol–water partition coefficient (Wildman–Crippen LogP) is 5.09. The Morgan fingerprint density at radius 2 is 1.65 bits per heavy atom. The van der Waals surface area contributed by atoms with E-state index in [-0.39, 0.29) is 6.04 Å². The first-order chi connectivity index (χ1) is 11.2. The molecule has 0 spiro atoms. The standard InChI is InChI=1S/C21H20N2/c1-23(2)17-10-7-16(8-11-17)20-14-12-19-18-6-4-3-5-15(18)9-13-21(19)22-20/h3-14,20,22H,1-2H3. The molecular formula is C21H20N2. The minimum Gasteiger partial charge on any atom is -0.378 e. The number of rotatable bonds is 2. The third-order valence-electron chi connectivity index (χ3n) is 4.51. The van der Waals surface area contributed by atoms with Gasteiger partial charge in [0.25, 0.3) is 0 Å². The minimum atomic E-state index is 0.222. The molecule has 0 bridgehead atoms. The van der Waals surface area contributed by atoms with Gasteiger partial charge in [0.15, 0.2) is 0 Å². The van der Waals surface area contributed by atoms with Crippen LogP contribution in [-0.4, -0.2) is 14.1 Å². The van der Waals surface area contributed by atoms with E-state index in [2.05, 4.69) is 97.1 Å². The van der Waals surface area contributed by atoms with Crippen molar-refractivity contribution in [3.8, 4) is 0 Å². The van der Waals surface area contributed by atoms with Crippen molar-refractivity contribution >= 4 is 28.2 Å². The molecule has 0 fully saturated rings. The second-order valence-corrected chi connectivity index (χ2v) is 6.22. The molecular weight excluding hydrogens is 280 g/mol. The fraction of sp³-hybridized carbons (Fsp3) is 0.143. The van der Waals surface area contributed by atoms with Gasteiger partial charge in [-0.15, -0.1) is 0 Å². The molecule has 1 aliphatic rings. The first kappa shape index (κ1) is 13.9. The highest BCUT2D eigenvalue weighted by Gasteiger charge is 2.16. The molecule has 3 aromatic carbocycles. The van der Waals surface area contributed by atoms with E-state index in [1.807, 2.05) is 0 Å². The molecule has 4 rings (SSSR count). The van der Waals surface area contributed by atoms with Crippen LogP contribution in [0.5, 0.6) is 0 Å². The first-order valence-corrected chi connectivity index (χ1v) is 7.96. The van der Waals surface area contributed by atoms with Gasteiger partial charge in [-0.1, -0.05) is 54.6 Å². The van der Waals surface area contributed by atoms with E-state index in [0.717, 1.165) is 0 Å². The maximum atomic E-state index is 3.65. The summed E-state index contributed by atoms with van der Waals surface area (Å²) in [5, 5.41) is 6.24. The maximum absolute atomic E-state index is 3.65. The van der Waals surface area contributed by atoms with E-state index in [1.54, 1.807) is 0 Å². The third kappa shape index (κ3) is 2.46. The summed E-state index contributed by atoms with van der Waals surface area (Å²) in [6.07, 6.45) is 4.50. The molecule has 2 heteroatoms. The van der Waals surface area contributed by atoms with Crippen LogP contribution in [0.15, 0.2) is 66.7 Å². The Hall–Kier alpha value is -2.74. The fourth-order valence-corrected chi connectivity index (χ4v) is 3.18. The van der Waals surface area contributed by atoms with Gasteiger partial charge in [-0.3, -0.25) is 0 Å². The van der Waals surface area contributed by atoms with E-state index in [9.17, 15) is 0 Å². The molecule has 23 heavy (non-hydrogen) atoms. The molecule has 0 aliphatic carbocycles. The van der Waals surface area contributed by atoms with Crippen molar-refractivity contribution < 1.29 is 0 Å². The average Bonchev–Trinajstić information content (AvgIpc) is 2.61. The van der Waals surface area contributed by atoms with Crippen LogP contribution < -0.4 is 10.2 Å². The summed E-state index contributed by atoms with van der Waals surface area (Å²) in [6, 6.07) is 21.9. The summed E-state index contributed by atoms with van der Waals surface area (Å²) in [5.41, 5.74) is 4.99. The molecule has 1 unspecified atom stereocenters.